The standard InChI is InChI=1S/C24H33NO4Si/c1-17(2)21-24(28-4,29-30(5,6)7)22(19-15-11-12-16-20(19)27-3)25(21)23(26)18-13-9-8-10-14-18/h8-17,21-22H,1-7H3/t21-,22+,24+/m0/s1. The third-order valence-electron chi connectivity index (χ3n) is 5.48. The van der Waals surface area contributed by atoms with Crippen molar-refractivity contribution in [1.82, 2.24) is 4.90 Å². The van der Waals surface area contributed by atoms with Crippen LogP contribution in [0.25, 0.3) is 0 Å². The van der Waals surface area contributed by atoms with E-state index < -0.39 is 20.1 Å². The van der Waals surface area contributed by atoms with Gasteiger partial charge in [0.15, 0.2) is 8.32 Å². The van der Waals surface area contributed by atoms with Gasteiger partial charge in [-0.15, -0.1) is 0 Å². The highest BCUT2D eigenvalue weighted by Gasteiger charge is 2.67. The predicted molar refractivity (Wildman–Crippen MR) is 121 cm³/mol. The lowest BCUT2D eigenvalue weighted by Gasteiger charge is -2.64. The van der Waals surface area contributed by atoms with Gasteiger partial charge in [-0.3, -0.25) is 4.79 Å². The van der Waals surface area contributed by atoms with E-state index in [0.29, 0.717) is 5.56 Å². The van der Waals surface area contributed by atoms with Crippen molar-refractivity contribution in [3.05, 3.63) is 65.7 Å². The monoisotopic (exact) mass is 427 g/mol. The van der Waals surface area contributed by atoms with Crippen LogP contribution in [0.1, 0.15) is 35.8 Å². The van der Waals surface area contributed by atoms with Gasteiger partial charge >= 0.3 is 0 Å². The fourth-order valence-corrected chi connectivity index (χ4v) is 5.79. The highest BCUT2D eigenvalue weighted by molar-refractivity contribution is 6.69. The fourth-order valence-electron chi connectivity index (χ4n) is 4.51. The lowest BCUT2D eigenvalue weighted by Crippen LogP contribution is -2.77. The first kappa shape index (κ1) is 22.5. The molecule has 2 aromatic carbocycles. The molecule has 3 atom stereocenters. The van der Waals surface area contributed by atoms with Crippen molar-refractivity contribution in [3.63, 3.8) is 0 Å². The largest absolute Gasteiger partial charge is 0.496 e. The summed E-state index contributed by atoms with van der Waals surface area (Å²) in [5, 5.41) is 0. The number of carbonyl (C=O) groups excluding carboxylic acids is 1. The second-order valence-electron chi connectivity index (χ2n) is 9.05. The number of nitrogens with zero attached hydrogens (tertiary/aromatic N) is 1. The Kier molecular flexibility index (Phi) is 6.41. The maximum atomic E-state index is 13.7. The van der Waals surface area contributed by atoms with Gasteiger partial charge in [-0.05, 0) is 43.8 Å². The van der Waals surface area contributed by atoms with E-state index in [-0.39, 0.29) is 17.9 Å². The van der Waals surface area contributed by atoms with Gasteiger partial charge in [-0.25, -0.2) is 0 Å². The SMILES string of the molecule is COc1ccccc1[C@H]1N(C(=O)c2ccccc2)[C@@H](C(C)C)[C@@]1(OC)O[Si](C)(C)C. The number of amides is 1. The number of ether oxygens (including phenoxy) is 2. The zero-order chi connectivity index (χ0) is 22.1. The summed E-state index contributed by atoms with van der Waals surface area (Å²) in [7, 11) is 1.31. The number of rotatable bonds is 7. The van der Waals surface area contributed by atoms with Gasteiger partial charge in [0, 0.05) is 18.2 Å². The van der Waals surface area contributed by atoms with Crippen molar-refractivity contribution in [2.24, 2.45) is 5.92 Å². The lowest BCUT2D eigenvalue weighted by atomic mass is 9.74. The zero-order valence-electron chi connectivity index (χ0n) is 19.0. The first-order valence-corrected chi connectivity index (χ1v) is 13.8. The summed E-state index contributed by atoms with van der Waals surface area (Å²) in [6.45, 7) is 10.6. The molecule has 30 heavy (non-hydrogen) atoms. The van der Waals surface area contributed by atoms with Crippen LogP contribution in [0.15, 0.2) is 54.6 Å². The molecule has 3 rings (SSSR count). The van der Waals surface area contributed by atoms with E-state index in [4.69, 9.17) is 13.9 Å². The van der Waals surface area contributed by atoms with Crippen molar-refractivity contribution in [3.8, 4) is 5.75 Å². The summed E-state index contributed by atoms with van der Waals surface area (Å²) < 4.78 is 18.6. The number of benzene rings is 2. The van der Waals surface area contributed by atoms with Crippen LogP contribution in [0.3, 0.4) is 0 Å². The average molecular weight is 428 g/mol. The number of hydrogen-bond donors (Lipinski definition) is 0. The van der Waals surface area contributed by atoms with Gasteiger partial charge in [0.25, 0.3) is 5.91 Å². The van der Waals surface area contributed by atoms with E-state index in [1.807, 2.05) is 59.5 Å². The maximum Gasteiger partial charge on any atom is 0.255 e. The minimum Gasteiger partial charge on any atom is -0.496 e. The molecule has 0 N–H and O–H groups in total. The molecule has 0 aromatic heterocycles. The Bertz CT molecular complexity index is 880. The average Bonchev–Trinajstić information content (AvgIpc) is 2.70. The van der Waals surface area contributed by atoms with Crippen molar-refractivity contribution < 1.29 is 18.7 Å². The van der Waals surface area contributed by atoms with Crippen LogP contribution < -0.4 is 4.74 Å². The summed E-state index contributed by atoms with van der Waals surface area (Å²) in [6, 6.07) is 16.6. The van der Waals surface area contributed by atoms with E-state index >= 15 is 0 Å². The molecule has 0 spiro atoms. The molecular formula is C24H33NO4Si. The van der Waals surface area contributed by atoms with Crippen molar-refractivity contribution in [2.45, 2.75) is 51.4 Å². The Balaban J connectivity index is 2.19. The second kappa shape index (κ2) is 8.53. The number of carbonyl (C=O) groups is 1. The van der Waals surface area contributed by atoms with Gasteiger partial charge in [-0.2, -0.15) is 0 Å². The smallest absolute Gasteiger partial charge is 0.255 e. The summed E-state index contributed by atoms with van der Waals surface area (Å²) in [4.78, 5) is 15.6. The number of para-hydroxylation sites is 1. The molecule has 1 heterocycles. The molecule has 1 amide bonds. The molecule has 0 unspecified atom stereocenters. The maximum absolute atomic E-state index is 13.7. The molecule has 0 bridgehead atoms. The van der Waals surface area contributed by atoms with Crippen LogP contribution in [0.2, 0.25) is 19.6 Å². The zero-order valence-corrected chi connectivity index (χ0v) is 20.0. The highest BCUT2D eigenvalue weighted by Crippen LogP contribution is 2.56. The van der Waals surface area contributed by atoms with Crippen LogP contribution in [0, 0.1) is 5.92 Å². The minimum atomic E-state index is -2.02. The molecular weight excluding hydrogens is 394 g/mol. The van der Waals surface area contributed by atoms with Gasteiger partial charge in [0.2, 0.25) is 5.79 Å². The van der Waals surface area contributed by atoms with Crippen LogP contribution in [-0.2, 0) is 9.16 Å². The number of hydrogen-bond acceptors (Lipinski definition) is 4. The molecule has 0 saturated carbocycles. The number of likely N-dealkylation sites (tertiary alicyclic amines) is 1. The van der Waals surface area contributed by atoms with Gasteiger partial charge in [-0.1, -0.05) is 50.2 Å². The summed E-state index contributed by atoms with van der Waals surface area (Å²) in [6.07, 6.45) is 0. The third-order valence-corrected chi connectivity index (χ3v) is 6.41. The molecule has 1 aliphatic heterocycles. The Labute approximate surface area is 181 Å². The molecule has 6 heteroatoms. The second-order valence-corrected chi connectivity index (χ2v) is 13.5. The highest BCUT2D eigenvalue weighted by atomic mass is 28.4. The lowest BCUT2D eigenvalue weighted by molar-refractivity contribution is -0.319. The summed E-state index contributed by atoms with van der Waals surface area (Å²) in [5.41, 5.74) is 1.54. The quantitative estimate of drug-likeness (QED) is 0.455. The van der Waals surface area contributed by atoms with Crippen molar-refractivity contribution in [2.75, 3.05) is 14.2 Å². The number of methoxy groups -OCH3 is 2. The Morgan fingerprint density at radius 1 is 1.00 bits per heavy atom. The van der Waals surface area contributed by atoms with Crippen LogP contribution in [0.5, 0.6) is 5.75 Å². The molecule has 0 radical (unpaired) electrons. The van der Waals surface area contributed by atoms with Crippen molar-refractivity contribution in [1.29, 1.82) is 0 Å². The Morgan fingerprint density at radius 3 is 2.13 bits per heavy atom. The van der Waals surface area contributed by atoms with E-state index in [2.05, 4.69) is 33.5 Å². The molecule has 1 saturated heterocycles. The van der Waals surface area contributed by atoms with E-state index in [0.717, 1.165) is 11.3 Å². The Hall–Kier alpha value is -2.15. The van der Waals surface area contributed by atoms with Gasteiger partial charge in [0.05, 0.1) is 13.2 Å². The van der Waals surface area contributed by atoms with E-state index in [9.17, 15) is 4.79 Å². The summed E-state index contributed by atoms with van der Waals surface area (Å²) in [5.74, 6) is -0.106. The molecule has 0 aliphatic carbocycles. The molecule has 5 nitrogen and oxygen atoms in total. The first-order chi connectivity index (χ1) is 14.2. The molecule has 1 fully saturated rings. The topological polar surface area (TPSA) is 48.0 Å². The molecule has 162 valence electrons. The fraction of sp³-hybridized carbons (Fsp3) is 0.458. The predicted octanol–water partition coefficient (Wildman–Crippen LogP) is 5.11. The van der Waals surface area contributed by atoms with Crippen molar-refractivity contribution >= 4 is 14.2 Å². The Morgan fingerprint density at radius 2 is 1.60 bits per heavy atom. The van der Waals surface area contributed by atoms with Crippen LogP contribution in [0.4, 0.5) is 0 Å². The van der Waals surface area contributed by atoms with Crippen LogP contribution >= 0.6 is 0 Å². The normalized spacial score (nSPS) is 23.9. The van der Waals surface area contributed by atoms with Crippen LogP contribution in [-0.4, -0.2) is 45.2 Å². The third kappa shape index (κ3) is 3.91. The summed E-state index contributed by atoms with van der Waals surface area (Å²) >= 11 is 0. The molecule has 1 aliphatic rings. The van der Waals surface area contributed by atoms with E-state index in [1.165, 1.54) is 0 Å². The first-order valence-electron chi connectivity index (χ1n) is 10.4. The van der Waals surface area contributed by atoms with E-state index in [1.54, 1.807) is 14.2 Å². The van der Waals surface area contributed by atoms with Gasteiger partial charge < -0.3 is 18.8 Å². The van der Waals surface area contributed by atoms with Gasteiger partial charge in [0.1, 0.15) is 11.8 Å². The molecule has 2 aromatic rings. The minimum absolute atomic E-state index is 0.0305.